The molecule has 0 aliphatic carbocycles. The lowest BCUT2D eigenvalue weighted by molar-refractivity contribution is -0.955. The highest BCUT2D eigenvalue weighted by Crippen LogP contribution is 2.12. The van der Waals surface area contributed by atoms with Gasteiger partial charge in [0.05, 0.1) is 26.2 Å². The zero-order valence-corrected chi connectivity index (χ0v) is 11.1. The molecule has 3 heteroatoms. The Morgan fingerprint density at radius 2 is 1.76 bits per heavy atom. The van der Waals surface area contributed by atoms with E-state index in [1.165, 1.54) is 18.8 Å². The second-order valence-electron chi connectivity index (χ2n) is 5.56. The average Bonchev–Trinajstić information content (AvgIpc) is 2.40. The van der Waals surface area contributed by atoms with Gasteiger partial charge in [0, 0.05) is 5.69 Å². The third-order valence-corrected chi connectivity index (χ3v) is 4.07. The lowest BCUT2D eigenvalue weighted by Crippen LogP contribution is -3.23. The molecule has 0 spiro atoms. The van der Waals surface area contributed by atoms with Crippen molar-refractivity contribution in [2.45, 2.75) is 19.4 Å². The van der Waals surface area contributed by atoms with Gasteiger partial charge < -0.3 is 15.5 Å². The molecule has 0 unspecified atom stereocenters. The summed E-state index contributed by atoms with van der Waals surface area (Å²) in [5, 5.41) is 0. The van der Waals surface area contributed by atoms with Crippen molar-refractivity contribution in [1.29, 1.82) is 0 Å². The largest absolute Gasteiger partial charge is 0.360 e. The number of anilines is 1. The quantitative estimate of drug-likeness (QED) is 0.722. The first kappa shape index (κ1) is 12.4. The maximum atomic E-state index is 4.08. The topological polar surface area (TPSA) is 35.3 Å². The summed E-state index contributed by atoms with van der Waals surface area (Å²) >= 11 is 0. The highest BCUT2D eigenvalue weighted by atomic mass is 15.3. The van der Waals surface area contributed by atoms with Gasteiger partial charge in [-0.15, -0.1) is 0 Å². The Morgan fingerprint density at radius 3 is 2.29 bits per heavy atom. The lowest BCUT2D eigenvalue weighted by Gasteiger charge is -2.40. The first-order chi connectivity index (χ1) is 8.13. The normalized spacial score (nSPS) is 18.4. The van der Waals surface area contributed by atoms with E-state index in [0.717, 1.165) is 19.6 Å². The van der Waals surface area contributed by atoms with Crippen LogP contribution in [0.3, 0.4) is 0 Å². The Hall–Kier alpha value is -1.06. The van der Waals surface area contributed by atoms with Crippen molar-refractivity contribution in [2.24, 2.45) is 0 Å². The molecule has 0 atom stereocenters. The second-order valence-corrected chi connectivity index (χ2v) is 5.56. The van der Waals surface area contributed by atoms with Gasteiger partial charge in [-0.2, -0.15) is 0 Å². The van der Waals surface area contributed by atoms with Gasteiger partial charge in [-0.25, -0.2) is 0 Å². The summed E-state index contributed by atoms with van der Waals surface area (Å²) in [5.74, 6) is 0. The molecule has 4 N–H and O–H groups in total. The third kappa shape index (κ3) is 2.79. The van der Waals surface area contributed by atoms with Gasteiger partial charge in [-0.1, -0.05) is 18.2 Å². The van der Waals surface area contributed by atoms with E-state index in [1.807, 2.05) is 0 Å². The summed E-state index contributed by atoms with van der Waals surface area (Å²) in [5.41, 5.74) is 5.76. The first-order valence-electron chi connectivity index (χ1n) is 6.58. The molecule has 3 nitrogen and oxygen atoms in total. The number of quaternary nitrogens is 2. The van der Waals surface area contributed by atoms with E-state index in [-0.39, 0.29) is 0 Å². The van der Waals surface area contributed by atoms with Crippen LogP contribution in [-0.4, -0.2) is 38.3 Å². The Balaban J connectivity index is 1.95. The van der Waals surface area contributed by atoms with Crippen molar-refractivity contribution in [2.75, 3.05) is 37.6 Å². The van der Waals surface area contributed by atoms with E-state index >= 15 is 0 Å². The predicted octanol–water partition coefficient (Wildman–Crippen LogP) is -0.588. The van der Waals surface area contributed by atoms with Crippen molar-refractivity contribution in [3.05, 3.63) is 30.3 Å². The van der Waals surface area contributed by atoms with Crippen molar-refractivity contribution >= 4 is 5.69 Å². The smallest absolute Gasteiger partial charge is 0.141 e. The van der Waals surface area contributed by atoms with Crippen LogP contribution in [0.25, 0.3) is 0 Å². The maximum Gasteiger partial charge on any atom is 0.141 e. The predicted molar refractivity (Wildman–Crippen MR) is 71.2 cm³/mol. The van der Waals surface area contributed by atoms with E-state index in [0.29, 0.717) is 5.54 Å². The zero-order valence-electron chi connectivity index (χ0n) is 11.1. The van der Waals surface area contributed by atoms with Crippen LogP contribution < -0.4 is 15.5 Å². The minimum atomic E-state index is 0.322. The Kier molecular flexibility index (Phi) is 3.69. The molecular weight excluding hydrogens is 210 g/mol. The van der Waals surface area contributed by atoms with Gasteiger partial charge in [0.1, 0.15) is 12.1 Å². The Labute approximate surface area is 104 Å². The van der Waals surface area contributed by atoms with Crippen molar-refractivity contribution in [1.82, 2.24) is 0 Å². The molecule has 0 amide bonds. The number of nitrogens with zero attached hydrogens (tertiary/aromatic N) is 1. The number of para-hydroxylation sites is 1. The van der Waals surface area contributed by atoms with Gasteiger partial charge in [-0.05, 0) is 26.0 Å². The number of hydrogen-bond donors (Lipinski definition) is 2. The highest BCUT2D eigenvalue weighted by molar-refractivity contribution is 5.46. The van der Waals surface area contributed by atoms with E-state index in [9.17, 15) is 0 Å². The Bertz CT molecular complexity index is 340. The van der Waals surface area contributed by atoms with Gasteiger partial charge >= 0.3 is 0 Å². The minimum Gasteiger partial charge on any atom is -0.360 e. The SMILES string of the molecule is CC(C)(C[NH3+])[NH+]1CCN(c2ccccc2)CC1. The summed E-state index contributed by atoms with van der Waals surface area (Å²) in [6.45, 7) is 10.4. The van der Waals surface area contributed by atoms with Gasteiger partial charge in [0.25, 0.3) is 0 Å². The number of benzene rings is 1. The molecule has 0 bridgehead atoms. The van der Waals surface area contributed by atoms with Crippen molar-refractivity contribution in [3.63, 3.8) is 0 Å². The molecule has 0 saturated carbocycles. The minimum absolute atomic E-state index is 0.322. The maximum absolute atomic E-state index is 4.08. The van der Waals surface area contributed by atoms with Crippen LogP contribution in [0.4, 0.5) is 5.69 Å². The molecule has 1 aromatic carbocycles. The number of nitrogens with one attached hydrogen (secondary N) is 1. The van der Waals surface area contributed by atoms with E-state index < -0.39 is 0 Å². The summed E-state index contributed by atoms with van der Waals surface area (Å²) in [6.07, 6.45) is 0. The number of piperazine rings is 1. The molecule has 1 fully saturated rings. The van der Waals surface area contributed by atoms with Crippen LogP contribution >= 0.6 is 0 Å². The van der Waals surface area contributed by atoms with Gasteiger partial charge in [0.2, 0.25) is 0 Å². The average molecular weight is 235 g/mol. The lowest BCUT2D eigenvalue weighted by atomic mass is 10.0. The van der Waals surface area contributed by atoms with E-state index in [1.54, 1.807) is 4.90 Å². The van der Waals surface area contributed by atoms with E-state index in [2.05, 4.69) is 54.8 Å². The number of hydrogen-bond acceptors (Lipinski definition) is 1. The van der Waals surface area contributed by atoms with Crippen LogP contribution in [-0.2, 0) is 0 Å². The molecular formula is C14H25N3+2. The summed E-state index contributed by atoms with van der Waals surface area (Å²) in [4.78, 5) is 4.18. The molecule has 0 radical (unpaired) electrons. The number of rotatable bonds is 3. The van der Waals surface area contributed by atoms with Crippen molar-refractivity contribution in [3.8, 4) is 0 Å². The first-order valence-corrected chi connectivity index (χ1v) is 6.58. The fourth-order valence-electron chi connectivity index (χ4n) is 2.53. The van der Waals surface area contributed by atoms with Crippen LogP contribution in [0.5, 0.6) is 0 Å². The molecule has 17 heavy (non-hydrogen) atoms. The standard InChI is InChI=1S/C14H23N3/c1-14(2,12-15)17-10-8-16(9-11-17)13-6-4-3-5-7-13/h3-7H,8-12,15H2,1-2H3/p+2. The van der Waals surface area contributed by atoms with E-state index in [4.69, 9.17) is 0 Å². The molecule has 1 saturated heterocycles. The summed E-state index contributed by atoms with van der Waals surface area (Å²) < 4.78 is 0. The second kappa shape index (κ2) is 5.07. The zero-order chi connectivity index (χ0) is 12.3. The molecule has 0 aromatic heterocycles. The van der Waals surface area contributed by atoms with Crippen LogP contribution in [0, 0.1) is 0 Å². The fourth-order valence-corrected chi connectivity index (χ4v) is 2.53. The summed E-state index contributed by atoms with van der Waals surface area (Å²) in [6, 6.07) is 10.7. The van der Waals surface area contributed by atoms with Crippen molar-refractivity contribution < 1.29 is 10.6 Å². The molecule has 2 rings (SSSR count). The van der Waals surface area contributed by atoms with Gasteiger partial charge in [0.15, 0.2) is 0 Å². The molecule has 94 valence electrons. The molecule has 1 heterocycles. The monoisotopic (exact) mass is 235 g/mol. The molecule has 1 aliphatic rings. The summed E-state index contributed by atoms with van der Waals surface area (Å²) in [7, 11) is 0. The third-order valence-electron chi connectivity index (χ3n) is 4.07. The van der Waals surface area contributed by atoms with Crippen LogP contribution in [0.15, 0.2) is 30.3 Å². The fraction of sp³-hybridized carbons (Fsp3) is 0.571. The van der Waals surface area contributed by atoms with Crippen LogP contribution in [0.2, 0.25) is 0 Å². The Morgan fingerprint density at radius 1 is 1.18 bits per heavy atom. The highest BCUT2D eigenvalue weighted by Gasteiger charge is 2.34. The molecule has 1 aliphatic heterocycles. The van der Waals surface area contributed by atoms with Gasteiger partial charge in [-0.3, -0.25) is 0 Å². The molecule has 1 aromatic rings. The van der Waals surface area contributed by atoms with Crippen LogP contribution in [0.1, 0.15) is 13.8 Å².